The topological polar surface area (TPSA) is 58.2 Å². The molecule has 19 heavy (non-hydrogen) atoms. The van der Waals surface area contributed by atoms with Crippen molar-refractivity contribution in [2.45, 2.75) is 32.7 Å². The second-order valence-electron chi connectivity index (χ2n) is 4.30. The van der Waals surface area contributed by atoms with Gasteiger partial charge in [0.1, 0.15) is 0 Å². The zero-order valence-electron chi connectivity index (χ0n) is 11.0. The summed E-state index contributed by atoms with van der Waals surface area (Å²) in [5.74, 6) is -0.0141. The van der Waals surface area contributed by atoms with E-state index in [0.29, 0.717) is 13.0 Å². The fourth-order valence-electron chi connectivity index (χ4n) is 1.58. The highest BCUT2D eigenvalue weighted by molar-refractivity contribution is 9.09. The summed E-state index contributed by atoms with van der Waals surface area (Å²) < 4.78 is 0. The summed E-state index contributed by atoms with van der Waals surface area (Å²) >= 11 is 3.34. The van der Waals surface area contributed by atoms with Gasteiger partial charge in [-0.3, -0.25) is 9.59 Å². The van der Waals surface area contributed by atoms with Crippen LogP contribution in [0.4, 0.5) is 5.69 Å². The SMILES string of the molecule is CC(=O)Nc1ccc(CNC(=O)CCCCBr)cc1. The van der Waals surface area contributed by atoms with Crippen LogP contribution in [0.25, 0.3) is 0 Å². The summed E-state index contributed by atoms with van der Waals surface area (Å²) in [4.78, 5) is 22.4. The maximum absolute atomic E-state index is 11.5. The van der Waals surface area contributed by atoms with Crippen molar-refractivity contribution >= 4 is 33.4 Å². The molecule has 1 aromatic carbocycles. The van der Waals surface area contributed by atoms with Crippen LogP contribution in [-0.4, -0.2) is 17.1 Å². The Morgan fingerprint density at radius 3 is 2.42 bits per heavy atom. The monoisotopic (exact) mass is 326 g/mol. The smallest absolute Gasteiger partial charge is 0.221 e. The molecular weight excluding hydrogens is 308 g/mol. The highest BCUT2D eigenvalue weighted by Gasteiger charge is 2.01. The normalized spacial score (nSPS) is 10.0. The number of hydrogen-bond donors (Lipinski definition) is 2. The van der Waals surface area contributed by atoms with Crippen molar-refractivity contribution in [2.75, 3.05) is 10.6 Å². The van der Waals surface area contributed by atoms with Crippen molar-refractivity contribution < 1.29 is 9.59 Å². The van der Waals surface area contributed by atoms with Crippen molar-refractivity contribution in [3.8, 4) is 0 Å². The lowest BCUT2D eigenvalue weighted by Crippen LogP contribution is -2.22. The molecular formula is C14H19BrN2O2. The molecule has 0 heterocycles. The first-order chi connectivity index (χ1) is 9.11. The molecule has 0 spiro atoms. The lowest BCUT2D eigenvalue weighted by molar-refractivity contribution is -0.121. The largest absolute Gasteiger partial charge is 0.352 e. The van der Waals surface area contributed by atoms with Crippen LogP contribution in [0.5, 0.6) is 0 Å². The summed E-state index contributed by atoms with van der Waals surface area (Å²) in [6.07, 6.45) is 2.48. The van der Waals surface area contributed by atoms with Gasteiger partial charge in [0.15, 0.2) is 0 Å². The quantitative estimate of drug-likeness (QED) is 0.598. The molecule has 0 bridgehead atoms. The van der Waals surface area contributed by atoms with Crippen molar-refractivity contribution in [1.82, 2.24) is 5.32 Å². The number of unbranched alkanes of at least 4 members (excludes halogenated alkanes) is 1. The van der Waals surface area contributed by atoms with Gasteiger partial charge in [-0.2, -0.15) is 0 Å². The van der Waals surface area contributed by atoms with E-state index < -0.39 is 0 Å². The number of benzene rings is 1. The number of rotatable bonds is 7. The highest BCUT2D eigenvalue weighted by Crippen LogP contribution is 2.09. The number of carbonyl (C=O) groups excluding carboxylic acids is 2. The Balaban J connectivity index is 2.33. The summed E-state index contributed by atoms with van der Waals surface area (Å²) in [6.45, 7) is 1.99. The minimum Gasteiger partial charge on any atom is -0.352 e. The van der Waals surface area contributed by atoms with E-state index in [-0.39, 0.29) is 11.8 Å². The number of anilines is 1. The summed E-state index contributed by atoms with van der Waals surface area (Å²) in [6, 6.07) is 7.44. The predicted octanol–water partition coefficient (Wildman–Crippen LogP) is 2.83. The molecule has 2 N–H and O–H groups in total. The molecule has 0 radical (unpaired) electrons. The minimum atomic E-state index is -0.0900. The van der Waals surface area contributed by atoms with Crippen LogP contribution in [0.1, 0.15) is 31.7 Å². The Morgan fingerprint density at radius 2 is 1.84 bits per heavy atom. The molecule has 0 saturated heterocycles. The third-order valence-electron chi connectivity index (χ3n) is 2.55. The molecule has 0 atom stereocenters. The first-order valence-corrected chi connectivity index (χ1v) is 7.43. The van der Waals surface area contributed by atoms with Gasteiger partial charge >= 0.3 is 0 Å². The number of halogens is 1. The molecule has 0 aliphatic rings. The fraction of sp³-hybridized carbons (Fsp3) is 0.429. The van der Waals surface area contributed by atoms with Gasteiger partial charge in [-0.15, -0.1) is 0 Å². The summed E-state index contributed by atoms with van der Waals surface area (Å²) in [5.41, 5.74) is 1.78. The van der Waals surface area contributed by atoms with Crippen molar-refractivity contribution in [1.29, 1.82) is 0 Å². The molecule has 0 unspecified atom stereocenters. The van der Waals surface area contributed by atoms with Crippen molar-refractivity contribution in [3.63, 3.8) is 0 Å². The van der Waals surface area contributed by atoms with Crippen molar-refractivity contribution in [2.24, 2.45) is 0 Å². The van der Waals surface area contributed by atoms with Crippen LogP contribution in [0.3, 0.4) is 0 Å². The summed E-state index contributed by atoms with van der Waals surface area (Å²) in [7, 11) is 0. The van der Waals surface area contributed by atoms with E-state index in [4.69, 9.17) is 0 Å². The zero-order valence-corrected chi connectivity index (χ0v) is 12.6. The molecule has 4 nitrogen and oxygen atoms in total. The number of amides is 2. The number of nitrogens with one attached hydrogen (secondary N) is 2. The van der Waals surface area contributed by atoms with E-state index in [1.807, 2.05) is 24.3 Å². The van der Waals surface area contributed by atoms with Gasteiger partial charge in [-0.05, 0) is 30.5 Å². The molecule has 0 aliphatic carbocycles. The molecule has 2 amide bonds. The van der Waals surface area contributed by atoms with Gasteiger partial charge < -0.3 is 10.6 Å². The maximum Gasteiger partial charge on any atom is 0.221 e. The van der Waals surface area contributed by atoms with Gasteiger partial charge in [-0.25, -0.2) is 0 Å². The average molecular weight is 327 g/mol. The number of alkyl halides is 1. The zero-order chi connectivity index (χ0) is 14.1. The first kappa shape index (κ1) is 15.7. The van der Waals surface area contributed by atoms with Crippen LogP contribution in [0.15, 0.2) is 24.3 Å². The predicted molar refractivity (Wildman–Crippen MR) is 80.2 cm³/mol. The average Bonchev–Trinajstić information content (AvgIpc) is 2.37. The number of hydrogen-bond acceptors (Lipinski definition) is 2. The lowest BCUT2D eigenvalue weighted by atomic mass is 10.2. The van der Waals surface area contributed by atoms with E-state index in [1.54, 1.807) is 0 Å². The third-order valence-corrected chi connectivity index (χ3v) is 3.11. The Kier molecular flexibility index (Phi) is 7.18. The summed E-state index contributed by atoms with van der Waals surface area (Å²) in [5, 5.41) is 6.51. The molecule has 0 aromatic heterocycles. The maximum atomic E-state index is 11.5. The Morgan fingerprint density at radius 1 is 1.16 bits per heavy atom. The molecule has 1 rings (SSSR count). The Bertz CT molecular complexity index is 418. The van der Waals surface area contributed by atoms with Gasteiger partial charge in [0.2, 0.25) is 11.8 Å². The van der Waals surface area contributed by atoms with E-state index in [9.17, 15) is 9.59 Å². The third kappa shape index (κ3) is 6.96. The fourth-order valence-corrected chi connectivity index (χ4v) is 1.97. The Labute approximate surface area is 122 Å². The van der Waals surface area contributed by atoms with E-state index in [0.717, 1.165) is 29.4 Å². The minimum absolute atomic E-state index is 0.0758. The first-order valence-electron chi connectivity index (χ1n) is 6.31. The van der Waals surface area contributed by atoms with Crippen LogP contribution in [-0.2, 0) is 16.1 Å². The second kappa shape index (κ2) is 8.69. The van der Waals surface area contributed by atoms with Gasteiger partial charge in [-0.1, -0.05) is 28.1 Å². The van der Waals surface area contributed by atoms with Crippen LogP contribution >= 0.6 is 15.9 Å². The lowest BCUT2D eigenvalue weighted by Gasteiger charge is -2.06. The molecule has 0 saturated carbocycles. The van der Waals surface area contributed by atoms with E-state index in [2.05, 4.69) is 26.6 Å². The van der Waals surface area contributed by atoms with Gasteiger partial charge in [0, 0.05) is 30.9 Å². The van der Waals surface area contributed by atoms with Crippen LogP contribution in [0.2, 0.25) is 0 Å². The Hall–Kier alpha value is -1.36. The molecule has 104 valence electrons. The highest BCUT2D eigenvalue weighted by atomic mass is 79.9. The second-order valence-corrected chi connectivity index (χ2v) is 5.09. The van der Waals surface area contributed by atoms with Gasteiger partial charge in [0.05, 0.1) is 0 Å². The molecule has 1 aromatic rings. The van der Waals surface area contributed by atoms with Crippen LogP contribution in [0, 0.1) is 0 Å². The van der Waals surface area contributed by atoms with E-state index >= 15 is 0 Å². The number of carbonyl (C=O) groups is 2. The standard InChI is InChI=1S/C14H19BrN2O2/c1-11(18)17-13-7-5-12(6-8-13)10-16-14(19)4-2-3-9-15/h5-8H,2-4,9-10H2,1H3,(H,16,19)(H,17,18). The molecule has 5 heteroatoms. The van der Waals surface area contributed by atoms with E-state index in [1.165, 1.54) is 6.92 Å². The van der Waals surface area contributed by atoms with Crippen LogP contribution < -0.4 is 10.6 Å². The molecule has 0 fully saturated rings. The van der Waals surface area contributed by atoms with Crippen molar-refractivity contribution in [3.05, 3.63) is 29.8 Å². The molecule has 0 aliphatic heterocycles. The van der Waals surface area contributed by atoms with Gasteiger partial charge in [0.25, 0.3) is 0 Å².